The van der Waals surface area contributed by atoms with Crippen molar-refractivity contribution in [3.63, 3.8) is 0 Å². The fourth-order valence-corrected chi connectivity index (χ4v) is 4.79. The van der Waals surface area contributed by atoms with Crippen LogP contribution in [0, 0.1) is 6.92 Å². The van der Waals surface area contributed by atoms with E-state index in [1.54, 1.807) is 19.1 Å². The largest absolute Gasteiger partial charge is 0.508 e. The van der Waals surface area contributed by atoms with Crippen LogP contribution in [0.1, 0.15) is 33.9 Å². The number of hydrogen-bond acceptors (Lipinski definition) is 5. The maximum atomic E-state index is 13.5. The molecule has 1 aliphatic rings. The molecular formula is C32H24F3NO5. The number of phenols is 1. The molecule has 1 atom stereocenters. The van der Waals surface area contributed by atoms with Crippen molar-refractivity contribution >= 4 is 23.1 Å². The molecule has 0 radical (unpaired) electrons. The first-order chi connectivity index (χ1) is 19.5. The first-order valence-electron chi connectivity index (χ1n) is 12.6. The van der Waals surface area contributed by atoms with Gasteiger partial charge in [-0.1, -0.05) is 48.5 Å². The molecule has 2 N–H and O–H groups in total. The van der Waals surface area contributed by atoms with E-state index < -0.39 is 35.2 Å². The highest BCUT2D eigenvalue weighted by Gasteiger charge is 2.47. The summed E-state index contributed by atoms with van der Waals surface area (Å²) in [4.78, 5) is 27.5. The molecule has 4 aromatic rings. The second-order valence-corrected chi connectivity index (χ2v) is 9.57. The van der Waals surface area contributed by atoms with Crippen LogP contribution in [0.25, 0.3) is 5.76 Å². The van der Waals surface area contributed by atoms with Crippen molar-refractivity contribution < 1.29 is 37.7 Å². The van der Waals surface area contributed by atoms with Gasteiger partial charge >= 0.3 is 6.18 Å². The molecule has 1 heterocycles. The summed E-state index contributed by atoms with van der Waals surface area (Å²) < 4.78 is 46.4. The molecule has 4 aromatic carbocycles. The predicted molar refractivity (Wildman–Crippen MR) is 146 cm³/mol. The van der Waals surface area contributed by atoms with Gasteiger partial charge in [0.1, 0.15) is 23.9 Å². The van der Waals surface area contributed by atoms with E-state index in [2.05, 4.69) is 0 Å². The molecule has 0 aliphatic carbocycles. The highest BCUT2D eigenvalue weighted by atomic mass is 19.4. The topological polar surface area (TPSA) is 87.1 Å². The third kappa shape index (κ3) is 5.51. The molecule has 0 saturated carbocycles. The number of amides is 1. The monoisotopic (exact) mass is 559 g/mol. The Bertz CT molecular complexity index is 1660. The quantitative estimate of drug-likeness (QED) is 0.152. The number of aromatic hydroxyl groups is 1. The molecule has 0 spiro atoms. The zero-order valence-electron chi connectivity index (χ0n) is 21.7. The van der Waals surface area contributed by atoms with Crippen LogP contribution in [0.15, 0.2) is 103 Å². The van der Waals surface area contributed by atoms with Gasteiger partial charge in [0.15, 0.2) is 0 Å². The van der Waals surface area contributed by atoms with Gasteiger partial charge in [0.2, 0.25) is 0 Å². The average molecular weight is 560 g/mol. The van der Waals surface area contributed by atoms with Crippen LogP contribution >= 0.6 is 0 Å². The van der Waals surface area contributed by atoms with Crippen LogP contribution < -0.4 is 9.64 Å². The van der Waals surface area contributed by atoms with Gasteiger partial charge in [0, 0.05) is 11.3 Å². The molecule has 1 fully saturated rings. The van der Waals surface area contributed by atoms with Crippen molar-refractivity contribution in [2.24, 2.45) is 0 Å². The summed E-state index contributed by atoms with van der Waals surface area (Å²) >= 11 is 0. The van der Waals surface area contributed by atoms with Gasteiger partial charge in [-0.05, 0) is 72.1 Å². The number of carbonyl (C=O) groups excluding carboxylic acids is 2. The summed E-state index contributed by atoms with van der Waals surface area (Å²) in [5, 5.41) is 21.5. The second-order valence-electron chi connectivity index (χ2n) is 9.57. The van der Waals surface area contributed by atoms with E-state index in [-0.39, 0.29) is 28.1 Å². The van der Waals surface area contributed by atoms with Crippen molar-refractivity contribution in [2.75, 3.05) is 4.90 Å². The Morgan fingerprint density at radius 1 is 0.902 bits per heavy atom. The zero-order valence-corrected chi connectivity index (χ0v) is 21.7. The van der Waals surface area contributed by atoms with Crippen molar-refractivity contribution in [2.45, 2.75) is 25.7 Å². The Balaban J connectivity index is 1.58. The number of phenolic OH excluding ortho intramolecular Hbond substituents is 1. The Morgan fingerprint density at radius 2 is 1.63 bits per heavy atom. The molecule has 1 saturated heterocycles. The minimum absolute atomic E-state index is 0.185. The number of aryl methyl sites for hydroxylation is 1. The predicted octanol–water partition coefficient (Wildman–Crippen LogP) is 6.92. The van der Waals surface area contributed by atoms with Gasteiger partial charge in [-0.2, -0.15) is 13.2 Å². The second kappa shape index (κ2) is 10.8. The molecular weight excluding hydrogens is 535 g/mol. The summed E-state index contributed by atoms with van der Waals surface area (Å²) in [6.07, 6.45) is -4.69. The first kappa shape index (κ1) is 27.5. The van der Waals surface area contributed by atoms with Crippen LogP contribution in [0.5, 0.6) is 11.5 Å². The van der Waals surface area contributed by atoms with E-state index in [1.807, 2.05) is 30.3 Å². The van der Waals surface area contributed by atoms with Crippen molar-refractivity contribution in [1.82, 2.24) is 0 Å². The van der Waals surface area contributed by atoms with E-state index in [9.17, 15) is 33.0 Å². The lowest BCUT2D eigenvalue weighted by Gasteiger charge is -2.26. The molecule has 9 heteroatoms. The summed E-state index contributed by atoms with van der Waals surface area (Å²) in [5.41, 5.74) is 0.522. The summed E-state index contributed by atoms with van der Waals surface area (Å²) in [7, 11) is 0. The Labute approximate surface area is 233 Å². The number of nitrogens with zero attached hydrogens (tertiary/aromatic N) is 1. The lowest BCUT2D eigenvalue weighted by Crippen LogP contribution is -2.29. The number of Topliss-reactive ketones (excluding diaryl/α,β-unsaturated/α-hetero) is 1. The maximum absolute atomic E-state index is 13.5. The molecule has 1 amide bonds. The number of rotatable bonds is 6. The summed E-state index contributed by atoms with van der Waals surface area (Å²) in [6.45, 7) is 2.07. The highest BCUT2D eigenvalue weighted by Crippen LogP contribution is 2.44. The Kier molecular flexibility index (Phi) is 7.28. The maximum Gasteiger partial charge on any atom is 0.416 e. The number of ketones is 1. The molecule has 5 rings (SSSR count). The number of ether oxygens (including phenoxy) is 1. The number of anilines is 1. The fraction of sp³-hybridized carbons (Fsp3) is 0.125. The van der Waals surface area contributed by atoms with Crippen molar-refractivity contribution in [3.8, 4) is 11.5 Å². The van der Waals surface area contributed by atoms with E-state index in [1.165, 1.54) is 36.4 Å². The lowest BCUT2D eigenvalue weighted by molar-refractivity contribution is -0.137. The van der Waals surface area contributed by atoms with E-state index in [0.717, 1.165) is 28.7 Å². The van der Waals surface area contributed by atoms with Crippen LogP contribution in [0.3, 0.4) is 0 Å². The molecule has 41 heavy (non-hydrogen) atoms. The number of alkyl halides is 3. The van der Waals surface area contributed by atoms with Gasteiger partial charge in [0.05, 0.1) is 17.2 Å². The molecule has 0 aromatic heterocycles. The highest BCUT2D eigenvalue weighted by molar-refractivity contribution is 6.51. The minimum atomic E-state index is -4.69. The molecule has 1 unspecified atom stereocenters. The molecule has 1 aliphatic heterocycles. The first-order valence-corrected chi connectivity index (χ1v) is 12.6. The SMILES string of the molecule is Cc1cc(/C(O)=C2\C(=O)C(=O)N(c3cccc(C(F)(F)F)c3)C2c2cccc(O)c2)ccc1OCc1ccccc1. The average Bonchev–Trinajstić information content (AvgIpc) is 3.22. The molecule has 6 nitrogen and oxygen atoms in total. The molecule has 208 valence electrons. The Morgan fingerprint density at radius 3 is 2.32 bits per heavy atom. The van der Waals surface area contributed by atoms with E-state index >= 15 is 0 Å². The van der Waals surface area contributed by atoms with Gasteiger partial charge < -0.3 is 14.9 Å². The summed E-state index contributed by atoms with van der Waals surface area (Å²) in [6, 6.07) is 22.6. The minimum Gasteiger partial charge on any atom is -0.508 e. The standard InChI is InChI=1S/C32H24F3NO5/c1-19-15-22(13-14-26(19)41-18-20-7-3-2-4-8-20)29(38)27-28(21-9-5-12-25(37)16-21)36(31(40)30(27)39)24-11-6-10-23(17-24)32(33,34)35/h2-17,28,37-38H,18H2,1H3/b29-27+. The number of aliphatic hydroxyl groups is 1. The van der Waals surface area contributed by atoms with Crippen molar-refractivity contribution in [3.05, 3.63) is 130 Å². The Hall–Kier alpha value is -5.05. The molecule has 0 bridgehead atoms. The number of halogens is 3. The van der Waals surface area contributed by atoms with Crippen LogP contribution in [-0.2, 0) is 22.4 Å². The fourth-order valence-electron chi connectivity index (χ4n) is 4.79. The number of carbonyl (C=O) groups is 2. The summed E-state index contributed by atoms with van der Waals surface area (Å²) in [5.74, 6) is -2.34. The lowest BCUT2D eigenvalue weighted by atomic mass is 9.94. The van der Waals surface area contributed by atoms with E-state index in [4.69, 9.17) is 4.74 Å². The zero-order chi connectivity index (χ0) is 29.3. The van der Waals surface area contributed by atoms with Crippen LogP contribution in [0.2, 0.25) is 0 Å². The third-order valence-electron chi connectivity index (χ3n) is 6.77. The third-order valence-corrected chi connectivity index (χ3v) is 6.77. The van der Waals surface area contributed by atoms with Crippen LogP contribution in [0.4, 0.5) is 18.9 Å². The number of aliphatic hydroxyl groups excluding tert-OH is 1. The van der Waals surface area contributed by atoms with Crippen LogP contribution in [-0.4, -0.2) is 21.9 Å². The normalized spacial score (nSPS) is 16.7. The number of benzene rings is 4. The van der Waals surface area contributed by atoms with Gasteiger partial charge in [-0.25, -0.2) is 0 Å². The van der Waals surface area contributed by atoms with Gasteiger partial charge in [-0.3, -0.25) is 14.5 Å². The van der Waals surface area contributed by atoms with Gasteiger partial charge in [0.25, 0.3) is 11.7 Å². The number of hydrogen-bond donors (Lipinski definition) is 2. The van der Waals surface area contributed by atoms with Gasteiger partial charge in [-0.15, -0.1) is 0 Å². The van der Waals surface area contributed by atoms with Crippen molar-refractivity contribution in [1.29, 1.82) is 0 Å². The van der Waals surface area contributed by atoms with E-state index in [0.29, 0.717) is 17.9 Å². The smallest absolute Gasteiger partial charge is 0.416 e.